The highest BCUT2D eigenvalue weighted by Crippen LogP contribution is 2.30. The number of sulfonamides is 1. The summed E-state index contributed by atoms with van der Waals surface area (Å²) in [5.41, 5.74) is 2.90. The van der Waals surface area contributed by atoms with E-state index in [0.29, 0.717) is 39.1 Å². The van der Waals surface area contributed by atoms with Crippen LogP contribution >= 0.6 is 11.6 Å². The van der Waals surface area contributed by atoms with Crippen LogP contribution in [0.2, 0.25) is 5.02 Å². The summed E-state index contributed by atoms with van der Waals surface area (Å²) in [5, 5.41) is 9.94. The van der Waals surface area contributed by atoms with Crippen molar-refractivity contribution in [3.05, 3.63) is 89.1 Å². The third kappa shape index (κ3) is 5.22. The Morgan fingerprint density at radius 3 is 2.29 bits per heavy atom. The van der Waals surface area contributed by atoms with Gasteiger partial charge in [-0.25, -0.2) is 13.2 Å². The minimum absolute atomic E-state index is 0.0337. The number of halogens is 1. The number of amides is 2. The predicted octanol–water partition coefficient (Wildman–Crippen LogP) is 6.06. The molecule has 0 aliphatic heterocycles. The molecule has 8 nitrogen and oxygen atoms in total. The Balaban J connectivity index is 1.53. The average molecular weight is 497 g/mol. The minimum Gasteiger partial charge on any atom is -0.359 e. The number of aromatic nitrogens is 1. The normalized spacial score (nSPS) is 11.1. The van der Waals surface area contributed by atoms with Crippen molar-refractivity contribution in [1.29, 1.82) is 0 Å². The van der Waals surface area contributed by atoms with Gasteiger partial charge in [0.05, 0.1) is 4.90 Å². The summed E-state index contributed by atoms with van der Waals surface area (Å²) < 4.78 is 33.7. The first-order valence-electron chi connectivity index (χ1n) is 10.2. The van der Waals surface area contributed by atoms with Crippen LogP contribution < -0.4 is 15.4 Å². The lowest BCUT2D eigenvalue weighted by molar-refractivity contribution is 0.262. The Morgan fingerprint density at radius 1 is 0.912 bits per heavy atom. The fourth-order valence-corrected chi connectivity index (χ4v) is 4.74. The third-order valence-corrected chi connectivity index (χ3v) is 6.76. The smallest absolute Gasteiger partial charge is 0.323 e. The molecule has 1 heterocycles. The second kappa shape index (κ2) is 9.58. The maximum absolute atomic E-state index is 13.0. The van der Waals surface area contributed by atoms with Crippen molar-refractivity contribution in [3.8, 4) is 11.3 Å². The van der Waals surface area contributed by atoms with Gasteiger partial charge < -0.3 is 15.2 Å². The van der Waals surface area contributed by atoms with Crippen molar-refractivity contribution in [1.82, 2.24) is 5.16 Å². The number of anilines is 3. The van der Waals surface area contributed by atoms with Gasteiger partial charge >= 0.3 is 6.03 Å². The molecule has 10 heteroatoms. The molecule has 0 aliphatic carbocycles. The Hall–Kier alpha value is -3.82. The van der Waals surface area contributed by atoms with E-state index in [1.54, 1.807) is 50.2 Å². The number of carbonyl (C=O) groups excluding carboxylic acids is 1. The molecular weight excluding hydrogens is 476 g/mol. The highest BCUT2D eigenvalue weighted by Gasteiger charge is 2.20. The minimum atomic E-state index is -3.90. The highest BCUT2D eigenvalue weighted by molar-refractivity contribution is 7.92. The molecule has 0 saturated carbocycles. The van der Waals surface area contributed by atoms with Gasteiger partial charge in [-0.2, -0.15) is 0 Å². The van der Waals surface area contributed by atoms with Crippen LogP contribution in [0.4, 0.5) is 21.9 Å². The van der Waals surface area contributed by atoms with Crippen molar-refractivity contribution >= 4 is 44.7 Å². The largest absolute Gasteiger partial charge is 0.359 e. The number of hydrogen-bond donors (Lipinski definition) is 3. The first-order chi connectivity index (χ1) is 16.2. The molecular formula is C24H21ClN4O4S. The summed E-state index contributed by atoms with van der Waals surface area (Å²) >= 11 is 5.87. The number of rotatable bonds is 6. The van der Waals surface area contributed by atoms with Gasteiger partial charge in [0.2, 0.25) is 0 Å². The molecule has 3 N–H and O–H groups in total. The summed E-state index contributed by atoms with van der Waals surface area (Å²) in [4.78, 5) is 12.7. The molecule has 0 atom stereocenters. The predicted molar refractivity (Wildman–Crippen MR) is 133 cm³/mol. The molecule has 34 heavy (non-hydrogen) atoms. The Morgan fingerprint density at radius 2 is 1.59 bits per heavy atom. The van der Waals surface area contributed by atoms with Gasteiger partial charge in [0.1, 0.15) is 11.4 Å². The lowest BCUT2D eigenvalue weighted by atomic mass is 10.1. The molecule has 0 radical (unpaired) electrons. The zero-order chi connectivity index (χ0) is 24.3. The van der Waals surface area contributed by atoms with E-state index in [4.69, 9.17) is 16.1 Å². The molecule has 2 amide bonds. The van der Waals surface area contributed by atoms with Crippen molar-refractivity contribution < 1.29 is 17.7 Å². The van der Waals surface area contributed by atoms with Gasteiger partial charge in [0.25, 0.3) is 10.0 Å². The quantitative estimate of drug-likeness (QED) is 0.300. The van der Waals surface area contributed by atoms with Gasteiger partial charge in [0.15, 0.2) is 5.76 Å². The van der Waals surface area contributed by atoms with Gasteiger partial charge in [-0.1, -0.05) is 53.2 Å². The molecule has 0 unspecified atom stereocenters. The van der Waals surface area contributed by atoms with Crippen LogP contribution in [0.25, 0.3) is 11.3 Å². The summed E-state index contributed by atoms with van der Waals surface area (Å²) in [7, 11) is -3.90. The SMILES string of the molecule is Cc1ccc(NC(=O)Nc2c(-c3ccccc3)noc2C)cc1S(=O)(=O)Nc1ccc(Cl)cc1. The van der Waals surface area contributed by atoms with E-state index >= 15 is 0 Å². The monoisotopic (exact) mass is 496 g/mol. The second-order valence-corrected chi connectivity index (χ2v) is 9.59. The van der Waals surface area contributed by atoms with E-state index in [1.165, 1.54) is 6.07 Å². The summed E-state index contributed by atoms with van der Waals surface area (Å²) in [6, 6.07) is 19.7. The summed E-state index contributed by atoms with van der Waals surface area (Å²) in [5.74, 6) is 0.438. The first-order valence-corrected chi connectivity index (χ1v) is 12.1. The molecule has 0 bridgehead atoms. The first kappa shape index (κ1) is 23.3. The van der Waals surface area contributed by atoms with Crippen molar-refractivity contribution in [2.45, 2.75) is 18.7 Å². The van der Waals surface area contributed by atoms with Gasteiger partial charge in [-0.15, -0.1) is 0 Å². The molecule has 0 fully saturated rings. The second-order valence-electron chi connectivity index (χ2n) is 7.50. The Labute approximate surface area is 202 Å². The standard InChI is InChI=1S/C24H21ClN4O4S/c1-15-8-11-20(14-21(15)34(31,32)29-19-12-9-18(25)10-13-19)26-24(30)27-22-16(2)33-28-23(22)17-6-4-3-5-7-17/h3-14,29H,1-2H3,(H2,26,27,30). The van der Waals surface area contributed by atoms with Gasteiger partial charge in [0, 0.05) is 22.0 Å². The molecule has 3 aromatic carbocycles. The van der Waals surface area contributed by atoms with Crippen molar-refractivity contribution in [2.75, 3.05) is 15.4 Å². The number of nitrogens with zero attached hydrogens (tertiary/aromatic N) is 1. The van der Waals surface area contributed by atoms with Crippen LogP contribution in [-0.4, -0.2) is 19.6 Å². The Kier molecular flexibility index (Phi) is 6.58. The maximum Gasteiger partial charge on any atom is 0.323 e. The van der Waals surface area contributed by atoms with Crippen LogP contribution in [0, 0.1) is 13.8 Å². The van der Waals surface area contributed by atoms with Crippen LogP contribution in [-0.2, 0) is 10.0 Å². The summed E-state index contributed by atoms with van der Waals surface area (Å²) in [6.45, 7) is 3.36. The molecule has 0 saturated heterocycles. The number of urea groups is 1. The topological polar surface area (TPSA) is 113 Å². The number of aryl methyl sites for hydroxylation is 2. The zero-order valence-corrected chi connectivity index (χ0v) is 19.9. The molecule has 0 aliphatic rings. The third-order valence-electron chi connectivity index (χ3n) is 4.98. The fraction of sp³-hybridized carbons (Fsp3) is 0.0833. The lowest BCUT2D eigenvalue weighted by Gasteiger charge is -2.13. The molecule has 0 spiro atoms. The van der Waals surface area contributed by atoms with Crippen molar-refractivity contribution in [3.63, 3.8) is 0 Å². The van der Waals surface area contributed by atoms with Crippen LogP contribution in [0.1, 0.15) is 11.3 Å². The molecule has 4 aromatic rings. The van der Waals surface area contributed by atoms with Crippen LogP contribution in [0.5, 0.6) is 0 Å². The van der Waals surface area contributed by atoms with E-state index in [-0.39, 0.29) is 4.90 Å². The number of carbonyl (C=O) groups is 1. The fourth-order valence-electron chi connectivity index (χ4n) is 3.28. The lowest BCUT2D eigenvalue weighted by Crippen LogP contribution is -2.21. The van der Waals surface area contributed by atoms with E-state index in [0.717, 1.165) is 5.56 Å². The molecule has 4 rings (SSSR count). The number of hydrogen-bond acceptors (Lipinski definition) is 5. The molecule has 174 valence electrons. The van der Waals surface area contributed by atoms with E-state index in [9.17, 15) is 13.2 Å². The average Bonchev–Trinajstić information content (AvgIpc) is 3.17. The summed E-state index contributed by atoms with van der Waals surface area (Å²) in [6.07, 6.45) is 0. The number of nitrogens with one attached hydrogen (secondary N) is 3. The van der Waals surface area contributed by atoms with Gasteiger partial charge in [-0.05, 0) is 55.8 Å². The number of benzene rings is 3. The van der Waals surface area contributed by atoms with E-state index in [1.807, 2.05) is 30.3 Å². The van der Waals surface area contributed by atoms with E-state index in [2.05, 4.69) is 20.5 Å². The maximum atomic E-state index is 13.0. The van der Waals surface area contributed by atoms with Crippen molar-refractivity contribution in [2.24, 2.45) is 0 Å². The van der Waals surface area contributed by atoms with E-state index < -0.39 is 16.1 Å². The zero-order valence-electron chi connectivity index (χ0n) is 18.3. The van der Waals surface area contributed by atoms with Gasteiger partial charge in [-0.3, -0.25) is 4.72 Å². The molecule has 1 aromatic heterocycles. The van der Waals surface area contributed by atoms with Crippen LogP contribution in [0.15, 0.2) is 82.2 Å². The Bertz CT molecular complexity index is 1440. The highest BCUT2D eigenvalue weighted by atomic mass is 35.5. The van der Waals surface area contributed by atoms with Crippen LogP contribution in [0.3, 0.4) is 0 Å².